The Hall–Kier alpha value is -1.64. The van der Waals surface area contributed by atoms with Gasteiger partial charge in [0.1, 0.15) is 5.82 Å². The molecule has 0 saturated heterocycles. The highest BCUT2D eigenvalue weighted by Crippen LogP contribution is 2.40. The van der Waals surface area contributed by atoms with E-state index in [9.17, 15) is 4.39 Å². The third-order valence-corrected chi connectivity index (χ3v) is 2.76. The number of benzene rings is 1. The molecule has 0 radical (unpaired) electrons. The zero-order valence-electron chi connectivity index (χ0n) is 8.20. The molecule has 3 rings (SSSR count). The van der Waals surface area contributed by atoms with Crippen molar-refractivity contribution < 1.29 is 4.39 Å². The Labute approximate surface area is 87.1 Å². The molecule has 76 valence electrons. The minimum atomic E-state index is -0.216. The monoisotopic (exact) mass is 202 g/mol. The molecule has 1 aliphatic carbocycles. The molecule has 1 heterocycles. The first kappa shape index (κ1) is 8.65. The fourth-order valence-corrected chi connectivity index (χ4v) is 1.75. The van der Waals surface area contributed by atoms with E-state index in [1.165, 1.54) is 18.9 Å². The maximum Gasteiger partial charge on any atom is 0.132 e. The molecule has 3 heteroatoms. The van der Waals surface area contributed by atoms with Crippen LogP contribution in [0.5, 0.6) is 0 Å². The van der Waals surface area contributed by atoms with Gasteiger partial charge in [0.15, 0.2) is 0 Å². The van der Waals surface area contributed by atoms with Gasteiger partial charge < -0.3 is 0 Å². The van der Waals surface area contributed by atoms with Crippen molar-refractivity contribution in [3.05, 3.63) is 41.8 Å². The van der Waals surface area contributed by atoms with Gasteiger partial charge in [-0.25, -0.2) is 4.39 Å². The number of halogens is 1. The molecule has 1 fully saturated rings. The van der Waals surface area contributed by atoms with Crippen molar-refractivity contribution in [2.75, 3.05) is 0 Å². The Morgan fingerprint density at radius 2 is 2.07 bits per heavy atom. The van der Waals surface area contributed by atoms with Gasteiger partial charge in [-0.2, -0.15) is 5.10 Å². The SMILES string of the molecule is Fc1ccccc1-c1cc(C2CC2)[nH]n1. The fraction of sp³-hybridized carbons (Fsp3) is 0.250. The summed E-state index contributed by atoms with van der Waals surface area (Å²) in [6, 6.07) is 8.68. The summed E-state index contributed by atoms with van der Waals surface area (Å²) >= 11 is 0. The molecule has 0 spiro atoms. The van der Waals surface area contributed by atoms with Gasteiger partial charge in [-0.1, -0.05) is 12.1 Å². The van der Waals surface area contributed by atoms with Gasteiger partial charge in [-0.05, 0) is 31.0 Å². The smallest absolute Gasteiger partial charge is 0.132 e. The number of aromatic nitrogens is 2. The van der Waals surface area contributed by atoms with Gasteiger partial charge >= 0.3 is 0 Å². The molecule has 0 atom stereocenters. The van der Waals surface area contributed by atoms with Gasteiger partial charge in [-0.3, -0.25) is 5.10 Å². The van der Waals surface area contributed by atoms with Crippen LogP contribution in [0.2, 0.25) is 0 Å². The molecule has 2 aromatic rings. The molecule has 1 aromatic heterocycles. The fourth-order valence-electron chi connectivity index (χ4n) is 1.75. The summed E-state index contributed by atoms with van der Waals surface area (Å²) in [6.07, 6.45) is 2.44. The topological polar surface area (TPSA) is 28.7 Å². The highest BCUT2D eigenvalue weighted by atomic mass is 19.1. The molecule has 1 N–H and O–H groups in total. The maximum atomic E-state index is 13.4. The van der Waals surface area contributed by atoms with Gasteiger partial charge in [0.25, 0.3) is 0 Å². The first-order chi connectivity index (χ1) is 7.34. The zero-order valence-corrected chi connectivity index (χ0v) is 8.20. The average molecular weight is 202 g/mol. The van der Waals surface area contributed by atoms with Crippen molar-refractivity contribution in [3.8, 4) is 11.3 Å². The van der Waals surface area contributed by atoms with Crippen LogP contribution in [-0.2, 0) is 0 Å². The van der Waals surface area contributed by atoms with Gasteiger partial charge in [0.2, 0.25) is 0 Å². The van der Waals surface area contributed by atoms with E-state index >= 15 is 0 Å². The van der Waals surface area contributed by atoms with Crippen molar-refractivity contribution >= 4 is 0 Å². The summed E-state index contributed by atoms with van der Waals surface area (Å²) in [6.45, 7) is 0. The zero-order chi connectivity index (χ0) is 10.3. The van der Waals surface area contributed by atoms with E-state index in [0.29, 0.717) is 17.2 Å². The second kappa shape index (κ2) is 3.19. The molecular weight excluding hydrogens is 191 g/mol. The summed E-state index contributed by atoms with van der Waals surface area (Å²) in [5.74, 6) is 0.407. The number of hydrogen-bond acceptors (Lipinski definition) is 1. The van der Waals surface area contributed by atoms with E-state index in [-0.39, 0.29) is 5.82 Å². The van der Waals surface area contributed by atoms with E-state index in [0.717, 1.165) is 5.69 Å². The van der Waals surface area contributed by atoms with Crippen LogP contribution in [0, 0.1) is 5.82 Å². The Bertz CT molecular complexity index is 486. The molecule has 0 aliphatic heterocycles. The van der Waals surface area contributed by atoms with Crippen LogP contribution in [0.1, 0.15) is 24.5 Å². The largest absolute Gasteiger partial charge is 0.282 e. The number of nitrogens with one attached hydrogen (secondary N) is 1. The van der Waals surface area contributed by atoms with Gasteiger partial charge in [0.05, 0.1) is 5.69 Å². The Morgan fingerprint density at radius 3 is 2.80 bits per heavy atom. The average Bonchev–Trinajstić information content (AvgIpc) is 2.99. The minimum absolute atomic E-state index is 0.216. The molecule has 0 amide bonds. The lowest BCUT2D eigenvalue weighted by atomic mass is 10.1. The number of aromatic amines is 1. The summed E-state index contributed by atoms with van der Waals surface area (Å²) in [5.41, 5.74) is 2.41. The highest BCUT2D eigenvalue weighted by molar-refractivity contribution is 5.60. The second-order valence-corrected chi connectivity index (χ2v) is 3.96. The second-order valence-electron chi connectivity index (χ2n) is 3.96. The van der Waals surface area contributed by atoms with Crippen molar-refractivity contribution in [1.29, 1.82) is 0 Å². The molecule has 0 bridgehead atoms. The van der Waals surface area contributed by atoms with Gasteiger partial charge in [-0.15, -0.1) is 0 Å². The van der Waals surface area contributed by atoms with Crippen LogP contribution in [0.3, 0.4) is 0 Å². The summed E-state index contributed by atoms with van der Waals surface area (Å²) < 4.78 is 13.4. The lowest BCUT2D eigenvalue weighted by Crippen LogP contribution is -1.82. The lowest BCUT2D eigenvalue weighted by molar-refractivity contribution is 0.630. The third-order valence-electron chi connectivity index (χ3n) is 2.76. The van der Waals surface area contributed by atoms with Crippen molar-refractivity contribution in [2.24, 2.45) is 0 Å². The van der Waals surface area contributed by atoms with Crippen LogP contribution < -0.4 is 0 Å². The Balaban J connectivity index is 2.01. The number of hydrogen-bond donors (Lipinski definition) is 1. The molecule has 1 saturated carbocycles. The number of H-pyrrole nitrogens is 1. The molecule has 1 aliphatic rings. The molecule has 0 unspecified atom stereocenters. The summed E-state index contributed by atoms with van der Waals surface area (Å²) in [4.78, 5) is 0. The predicted octanol–water partition coefficient (Wildman–Crippen LogP) is 3.09. The van der Waals surface area contributed by atoms with E-state index in [4.69, 9.17) is 0 Å². The van der Waals surface area contributed by atoms with E-state index < -0.39 is 0 Å². The maximum absolute atomic E-state index is 13.4. The molecule has 2 nitrogen and oxygen atoms in total. The van der Waals surface area contributed by atoms with E-state index in [1.54, 1.807) is 12.1 Å². The van der Waals surface area contributed by atoms with Crippen LogP contribution in [0.4, 0.5) is 4.39 Å². The Morgan fingerprint density at radius 1 is 1.27 bits per heavy atom. The molecule has 15 heavy (non-hydrogen) atoms. The summed E-state index contributed by atoms with van der Waals surface area (Å²) in [7, 11) is 0. The quantitative estimate of drug-likeness (QED) is 0.796. The highest BCUT2D eigenvalue weighted by Gasteiger charge is 2.25. The number of rotatable bonds is 2. The van der Waals surface area contributed by atoms with Crippen LogP contribution in [0.15, 0.2) is 30.3 Å². The predicted molar refractivity (Wildman–Crippen MR) is 56.0 cm³/mol. The normalized spacial score (nSPS) is 15.5. The number of nitrogens with zero attached hydrogens (tertiary/aromatic N) is 1. The van der Waals surface area contributed by atoms with Crippen LogP contribution >= 0.6 is 0 Å². The Kier molecular flexibility index (Phi) is 1.84. The lowest BCUT2D eigenvalue weighted by Gasteiger charge is -1.96. The third kappa shape index (κ3) is 1.54. The standard InChI is InChI=1S/C12H11FN2/c13-10-4-2-1-3-9(10)12-7-11(14-15-12)8-5-6-8/h1-4,7-8H,5-6H2,(H,14,15). The van der Waals surface area contributed by atoms with Crippen molar-refractivity contribution in [2.45, 2.75) is 18.8 Å². The van der Waals surface area contributed by atoms with Crippen molar-refractivity contribution in [1.82, 2.24) is 10.2 Å². The van der Waals surface area contributed by atoms with Crippen molar-refractivity contribution in [3.63, 3.8) is 0 Å². The van der Waals surface area contributed by atoms with Crippen LogP contribution in [-0.4, -0.2) is 10.2 Å². The first-order valence-electron chi connectivity index (χ1n) is 5.15. The van der Waals surface area contributed by atoms with Gasteiger partial charge in [0, 0.05) is 17.2 Å². The van der Waals surface area contributed by atoms with E-state index in [1.807, 2.05) is 12.1 Å². The first-order valence-corrected chi connectivity index (χ1v) is 5.15. The van der Waals surface area contributed by atoms with E-state index in [2.05, 4.69) is 10.2 Å². The molecular formula is C12H11FN2. The summed E-state index contributed by atoms with van der Waals surface area (Å²) in [5, 5.41) is 7.12. The minimum Gasteiger partial charge on any atom is -0.282 e. The van der Waals surface area contributed by atoms with Crippen LogP contribution in [0.25, 0.3) is 11.3 Å². The molecule has 1 aromatic carbocycles.